The number of benzene rings is 1. The molecule has 2 aliphatic heterocycles. The molecular formula is C21H23N3O3S. The number of nitrogens with two attached hydrogens (primary N) is 1. The van der Waals surface area contributed by atoms with Crippen LogP contribution in [0.2, 0.25) is 0 Å². The van der Waals surface area contributed by atoms with Crippen LogP contribution >= 0.6 is 0 Å². The van der Waals surface area contributed by atoms with Gasteiger partial charge in [0, 0.05) is 36.7 Å². The number of ether oxygens (including phenoxy) is 1. The maximum atomic E-state index is 13.6. The quantitative estimate of drug-likeness (QED) is 0.805. The summed E-state index contributed by atoms with van der Waals surface area (Å²) in [5.74, 6) is 0.665. The van der Waals surface area contributed by atoms with Gasteiger partial charge in [-0.1, -0.05) is 17.7 Å². The van der Waals surface area contributed by atoms with Gasteiger partial charge in [-0.15, -0.1) is 0 Å². The van der Waals surface area contributed by atoms with Gasteiger partial charge in [-0.2, -0.15) is 0 Å². The Kier molecular flexibility index (Phi) is 4.17. The van der Waals surface area contributed by atoms with E-state index in [4.69, 9.17) is 10.5 Å². The van der Waals surface area contributed by atoms with Crippen molar-refractivity contribution in [3.8, 4) is 5.75 Å². The van der Waals surface area contributed by atoms with Crippen molar-refractivity contribution in [2.24, 2.45) is 5.73 Å². The van der Waals surface area contributed by atoms with Crippen molar-refractivity contribution in [3.05, 3.63) is 59.4 Å². The maximum absolute atomic E-state index is 13.6. The molecule has 0 spiro atoms. The van der Waals surface area contributed by atoms with Crippen LogP contribution in [0.3, 0.4) is 0 Å². The number of hydrogen-bond acceptors (Lipinski definition) is 5. The number of aromatic nitrogens is 1. The van der Waals surface area contributed by atoms with Gasteiger partial charge in [-0.3, -0.25) is 9.29 Å². The lowest BCUT2D eigenvalue weighted by Gasteiger charge is -2.24. The number of nitrogens with zero attached hydrogens (tertiary/aromatic N) is 2. The third-order valence-electron chi connectivity index (χ3n) is 5.97. The fourth-order valence-electron chi connectivity index (χ4n) is 4.50. The summed E-state index contributed by atoms with van der Waals surface area (Å²) in [6.45, 7) is 0.913. The fraction of sp³-hybridized carbons (Fsp3) is 0.381. The van der Waals surface area contributed by atoms with Crippen LogP contribution in [0.25, 0.3) is 0 Å². The van der Waals surface area contributed by atoms with Crippen LogP contribution in [-0.4, -0.2) is 32.6 Å². The molecule has 2 atom stereocenters. The van der Waals surface area contributed by atoms with Crippen LogP contribution < -0.4 is 14.8 Å². The van der Waals surface area contributed by atoms with E-state index in [0.29, 0.717) is 35.9 Å². The molecule has 3 aliphatic rings. The summed E-state index contributed by atoms with van der Waals surface area (Å²) in [7, 11) is -3.70. The molecular weight excluding hydrogens is 374 g/mol. The zero-order valence-electron chi connectivity index (χ0n) is 15.5. The molecule has 0 saturated carbocycles. The Morgan fingerprint density at radius 2 is 2.07 bits per heavy atom. The average molecular weight is 398 g/mol. The number of sulfonamides is 1. The minimum Gasteiger partial charge on any atom is -0.493 e. The van der Waals surface area contributed by atoms with Crippen LogP contribution in [0.1, 0.15) is 36.4 Å². The third-order valence-corrected chi connectivity index (χ3v) is 7.83. The third kappa shape index (κ3) is 2.72. The number of rotatable bonds is 3. The Morgan fingerprint density at radius 3 is 2.89 bits per heavy atom. The summed E-state index contributed by atoms with van der Waals surface area (Å²) in [6, 6.07) is 9.12. The van der Waals surface area contributed by atoms with E-state index in [-0.39, 0.29) is 12.0 Å². The number of pyridine rings is 1. The van der Waals surface area contributed by atoms with Gasteiger partial charge < -0.3 is 10.5 Å². The predicted octanol–water partition coefficient (Wildman–Crippen LogP) is 2.75. The van der Waals surface area contributed by atoms with E-state index in [1.54, 1.807) is 24.4 Å². The highest BCUT2D eigenvalue weighted by Gasteiger charge is 2.40. The molecule has 0 fully saturated rings. The Balaban J connectivity index is 1.57. The van der Waals surface area contributed by atoms with E-state index in [0.717, 1.165) is 30.5 Å². The number of fused-ring (bicyclic) bond motifs is 2. The molecule has 5 rings (SSSR count). The van der Waals surface area contributed by atoms with E-state index >= 15 is 0 Å². The summed E-state index contributed by atoms with van der Waals surface area (Å²) in [6.07, 6.45) is 7.20. The van der Waals surface area contributed by atoms with Gasteiger partial charge in [0.15, 0.2) is 0 Å². The van der Waals surface area contributed by atoms with Crippen molar-refractivity contribution >= 4 is 15.7 Å². The Labute approximate surface area is 165 Å². The Morgan fingerprint density at radius 1 is 1.18 bits per heavy atom. The zero-order chi connectivity index (χ0) is 19.3. The molecule has 0 bridgehead atoms. The van der Waals surface area contributed by atoms with Crippen molar-refractivity contribution in [2.75, 3.05) is 17.5 Å². The van der Waals surface area contributed by atoms with Gasteiger partial charge in [-0.25, -0.2) is 8.42 Å². The Hall–Kier alpha value is -2.38. The largest absolute Gasteiger partial charge is 0.493 e. The molecule has 7 heteroatoms. The predicted molar refractivity (Wildman–Crippen MR) is 107 cm³/mol. The van der Waals surface area contributed by atoms with Gasteiger partial charge >= 0.3 is 0 Å². The summed E-state index contributed by atoms with van der Waals surface area (Å²) in [4.78, 5) is 4.91. The Bertz CT molecular complexity index is 1060. The first-order valence-electron chi connectivity index (χ1n) is 9.72. The summed E-state index contributed by atoms with van der Waals surface area (Å²) >= 11 is 0. The molecule has 2 unspecified atom stereocenters. The molecule has 0 radical (unpaired) electrons. The summed E-state index contributed by atoms with van der Waals surface area (Å²) < 4.78 is 34.4. The van der Waals surface area contributed by atoms with Crippen LogP contribution in [0.15, 0.2) is 53.1 Å². The van der Waals surface area contributed by atoms with Crippen LogP contribution in [0.4, 0.5) is 5.69 Å². The van der Waals surface area contributed by atoms with E-state index in [1.807, 2.05) is 12.1 Å². The van der Waals surface area contributed by atoms with Crippen molar-refractivity contribution in [3.63, 3.8) is 0 Å². The highest BCUT2D eigenvalue weighted by Crippen LogP contribution is 2.44. The molecule has 0 amide bonds. The van der Waals surface area contributed by atoms with E-state index in [2.05, 4.69) is 11.1 Å². The number of hydrogen-bond donors (Lipinski definition) is 1. The first kappa shape index (κ1) is 17.7. The SMILES string of the molecule is NC1CC=C(C2CN(S(=O)(=O)c3cccc4c3CCO4)c3cccnc32)CC1. The van der Waals surface area contributed by atoms with E-state index in [9.17, 15) is 8.42 Å². The topological polar surface area (TPSA) is 85.5 Å². The lowest BCUT2D eigenvalue weighted by atomic mass is 9.86. The summed E-state index contributed by atoms with van der Waals surface area (Å²) in [5, 5.41) is 0. The second kappa shape index (κ2) is 6.60. The first-order chi connectivity index (χ1) is 13.6. The molecule has 1 aliphatic carbocycles. The molecule has 146 valence electrons. The second-order valence-corrected chi connectivity index (χ2v) is 9.47. The van der Waals surface area contributed by atoms with Gasteiger partial charge in [-0.05, 0) is 43.5 Å². The molecule has 1 aromatic heterocycles. The monoisotopic (exact) mass is 397 g/mol. The van der Waals surface area contributed by atoms with Crippen LogP contribution in [-0.2, 0) is 16.4 Å². The van der Waals surface area contributed by atoms with Crippen molar-refractivity contribution in [1.29, 1.82) is 0 Å². The molecule has 2 aromatic rings. The molecule has 6 nitrogen and oxygen atoms in total. The highest BCUT2D eigenvalue weighted by molar-refractivity contribution is 7.93. The van der Waals surface area contributed by atoms with Gasteiger partial charge in [0.25, 0.3) is 10.0 Å². The maximum Gasteiger partial charge on any atom is 0.264 e. The molecule has 1 aromatic carbocycles. The molecule has 28 heavy (non-hydrogen) atoms. The lowest BCUT2D eigenvalue weighted by Crippen LogP contribution is -2.31. The van der Waals surface area contributed by atoms with E-state index < -0.39 is 10.0 Å². The van der Waals surface area contributed by atoms with Gasteiger partial charge in [0.2, 0.25) is 0 Å². The minimum absolute atomic E-state index is 0.00788. The average Bonchev–Trinajstić information content (AvgIpc) is 3.33. The lowest BCUT2D eigenvalue weighted by molar-refractivity contribution is 0.357. The zero-order valence-corrected chi connectivity index (χ0v) is 16.4. The van der Waals surface area contributed by atoms with Crippen LogP contribution in [0.5, 0.6) is 5.75 Å². The number of anilines is 1. The van der Waals surface area contributed by atoms with Crippen molar-refractivity contribution in [2.45, 2.75) is 42.5 Å². The van der Waals surface area contributed by atoms with Crippen LogP contribution in [0, 0.1) is 0 Å². The molecule has 3 heterocycles. The van der Waals surface area contributed by atoms with Gasteiger partial charge in [0.05, 0.1) is 22.9 Å². The van der Waals surface area contributed by atoms with E-state index in [1.165, 1.54) is 9.88 Å². The molecule has 2 N–H and O–H groups in total. The fourth-order valence-corrected chi connectivity index (χ4v) is 6.26. The molecule has 0 saturated heterocycles. The smallest absolute Gasteiger partial charge is 0.264 e. The summed E-state index contributed by atoms with van der Waals surface area (Å²) in [5.41, 5.74) is 9.59. The first-order valence-corrected chi connectivity index (χ1v) is 11.2. The second-order valence-electron chi connectivity index (χ2n) is 7.64. The normalized spacial score (nSPS) is 23.8. The van der Waals surface area contributed by atoms with Crippen molar-refractivity contribution < 1.29 is 13.2 Å². The van der Waals surface area contributed by atoms with Gasteiger partial charge in [0.1, 0.15) is 5.75 Å². The van der Waals surface area contributed by atoms with Crippen molar-refractivity contribution in [1.82, 2.24) is 4.98 Å². The standard InChI is InChI=1S/C21H23N3O3S/c22-15-8-6-14(7-9-15)17-13-24(18-3-2-11-23-21(17)18)28(25,26)20-5-1-4-19-16(20)10-12-27-19/h1-6,11,15,17H,7-10,12-13,22H2. The minimum atomic E-state index is -3.70. The highest BCUT2D eigenvalue weighted by atomic mass is 32.2.